The van der Waals surface area contributed by atoms with Crippen LogP contribution in [0.4, 0.5) is 11.5 Å². The number of aromatic nitrogens is 2. The Hall–Kier alpha value is -3.10. The van der Waals surface area contributed by atoms with Crippen LogP contribution in [0, 0.1) is 6.20 Å². The second-order valence-corrected chi connectivity index (χ2v) is 6.38. The van der Waals surface area contributed by atoms with E-state index in [-0.39, 0.29) is 6.61 Å². The van der Waals surface area contributed by atoms with Crippen LogP contribution in [0.15, 0.2) is 36.4 Å². The van der Waals surface area contributed by atoms with Crippen molar-refractivity contribution >= 4 is 22.5 Å². The van der Waals surface area contributed by atoms with Gasteiger partial charge in [-0.05, 0) is 19.2 Å². The fourth-order valence-corrected chi connectivity index (χ4v) is 2.77. The number of aliphatic hydroxyl groups is 1. The van der Waals surface area contributed by atoms with Crippen LogP contribution >= 0.6 is 0 Å². The first-order valence-corrected chi connectivity index (χ1v) is 9.24. The van der Waals surface area contributed by atoms with Gasteiger partial charge in [0.2, 0.25) is 0 Å². The smallest absolute Gasteiger partial charge is 0.185 e. The van der Waals surface area contributed by atoms with Crippen LogP contribution in [0.3, 0.4) is 0 Å². The van der Waals surface area contributed by atoms with E-state index in [2.05, 4.69) is 21.5 Å². The van der Waals surface area contributed by atoms with Crippen molar-refractivity contribution in [3.05, 3.63) is 42.6 Å². The molecule has 2 aromatic carbocycles. The molecule has 0 unspecified atom stereocenters. The minimum Gasteiger partial charge on any atom is -0.497 e. The summed E-state index contributed by atoms with van der Waals surface area (Å²) >= 11 is 0. The van der Waals surface area contributed by atoms with Gasteiger partial charge in [0.1, 0.15) is 18.6 Å². The minimum absolute atomic E-state index is 0.103. The molecule has 0 saturated heterocycles. The summed E-state index contributed by atoms with van der Waals surface area (Å²) in [5.41, 5.74) is 2.16. The zero-order valence-corrected chi connectivity index (χ0v) is 16.8. The van der Waals surface area contributed by atoms with Crippen molar-refractivity contribution < 1.29 is 19.3 Å². The normalized spacial score (nSPS) is 10.9. The third-order valence-corrected chi connectivity index (χ3v) is 4.33. The summed E-state index contributed by atoms with van der Waals surface area (Å²) < 4.78 is 16.9. The van der Waals surface area contributed by atoms with Gasteiger partial charge in [-0.3, -0.25) is 0 Å². The third-order valence-electron chi connectivity index (χ3n) is 4.33. The van der Waals surface area contributed by atoms with Gasteiger partial charge in [0, 0.05) is 25.2 Å². The molecule has 0 atom stereocenters. The molecule has 0 fully saturated rings. The fraction of sp³-hybridized carbons (Fsp3) is 0.333. The Balaban J connectivity index is 1.87. The number of para-hydroxylation sites is 2. The van der Waals surface area contributed by atoms with Crippen LogP contribution in [0.2, 0.25) is 0 Å². The molecule has 2 N–H and O–H groups in total. The standard InChI is InChI=1S/C21H25N4O4/c1-25(8-10-26)9-11-29-21-18(12-15(27-2)13-19(21)28-3)24-20-14-22-16-6-4-5-7-17(16)23-20/h4-7,12-13,26H,8-11H2,1-3H3,(H,23,24). The van der Waals surface area contributed by atoms with Crippen LogP contribution in [0.5, 0.6) is 17.2 Å². The highest BCUT2D eigenvalue weighted by atomic mass is 16.5. The Bertz CT molecular complexity index is 951. The lowest BCUT2D eigenvalue weighted by molar-refractivity contribution is 0.190. The maximum atomic E-state index is 9.03. The van der Waals surface area contributed by atoms with Crippen LogP contribution in [0.25, 0.3) is 11.0 Å². The number of hydrogen-bond acceptors (Lipinski definition) is 8. The van der Waals surface area contributed by atoms with E-state index in [1.807, 2.05) is 36.2 Å². The third kappa shape index (κ3) is 5.24. The summed E-state index contributed by atoms with van der Waals surface area (Å²) in [5, 5.41) is 12.2. The van der Waals surface area contributed by atoms with Crippen molar-refractivity contribution in [1.29, 1.82) is 0 Å². The first-order valence-electron chi connectivity index (χ1n) is 9.24. The highest BCUT2D eigenvalue weighted by molar-refractivity contribution is 5.77. The summed E-state index contributed by atoms with van der Waals surface area (Å²) in [4.78, 5) is 10.8. The quantitative estimate of drug-likeness (QED) is 0.539. The molecule has 0 aliphatic heterocycles. The molecule has 8 nitrogen and oxygen atoms in total. The molecule has 1 radical (unpaired) electrons. The van der Waals surface area contributed by atoms with E-state index in [1.54, 1.807) is 26.4 Å². The molecule has 0 aliphatic carbocycles. The number of likely N-dealkylation sites (N-methyl/N-ethyl adjacent to an activating group) is 1. The van der Waals surface area contributed by atoms with Gasteiger partial charge in [-0.15, -0.1) is 0 Å². The van der Waals surface area contributed by atoms with E-state index < -0.39 is 0 Å². The molecule has 3 aromatic rings. The number of rotatable bonds is 10. The number of methoxy groups -OCH3 is 2. The maximum absolute atomic E-state index is 9.03. The van der Waals surface area contributed by atoms with Gasteiger partial charge in [0.05, 0.1) is 37.5 Å². The molecule has 0 bridgehead atoms. The van der Waals surface area contributed by atoms with Crippen molar-refractivity contribution in [3.63, 3.8) is 0 Å². The van der Waals surface area contributed by atoms with Crippen LogP contribution in [0.1, 0.15) is 0 Å². The van der Waals surface area contributed by atoms with E-state index in [4.69, 9.17) is 19.3 Å². The predicted molar refractivity (Wildman–Crippen MR) is 111 cm³/mol. The minimum atomic E-state index is 0.103. The van der Waals surface area contributed by atoms with Crippen molar-refractivity contribution in [2.75, 3.05) is 52.9 Å². The molecule has 0 amide bonds. The first-order chi connectivity index (χ1) is 14.1. The lowest BCUT2D eigenvalue weighted by Crippen LogP contribution is -2.27. The SMILES string of the molecule is COc1cc(Nc2[c]nc3ccccc3n2)c(OCCN(C)CCO)c(OC)c1. The molecule has 3 rings (SSSR count). The highest BCUT2D eigenvalue weighted by Crippen LogP contribution is 2.40. The van der Waals surface area contributed by atoms with Gasteiger partial charge in [-0.25, -0.2) is 9.97 Å². The van der Waals surface area contributed by atoms with Gasteiger partial charge in [0.15, 0.2) is 17.3 Å². The molecular weight excluding hydrogens is 372 g/mol. The van der Waals surface area contributed by atoms with Crippen molar-refractivity contribution in [1.82, 2.24) is 14.9 Å². The Morgan fingerprint density at radius 2 is 1.90 bits per heavy atom. The van der Waals surface area contributed by atoms with Gasteiger partial charge >= 0.3 is 0 Å². The zero-order chi connectivity index (χ0) is 20.6. The number of nitrogens with one attached hydrogen (secondary N) is 1. The predicted octanol–water partition coefficient (Wildman–Crippen LogP) is 2.49. The number of fused-ring (bicyclic) bond motifs is 1. The van der Waals surface area contributed by atoms with Crippen molar-refractivity contribution in [2.24, 2.45) is 0 Å². The molecule has 1 heterocycles. The van der Waals surface area contributed by atoms with Crippen LogP contribution in [-0.4, -0.2) is 67.5 Å². The Labute approximate surface area is 170 Å². The number of aliphatic hydroxyl groups excluding tert-OH is 1. The molecule has 29 heavy (non-hydrogen) atoms. The second kappa shape index (κ2) is 9.90. The van der Waals surface area contributed by atoms with Crippen LogP contribution in [-0.2, 0) is 0 Å². The zero-order valence-electron chi connectivity index (χ0n) is 16.8. The van der Waals surface area contributed by atoms with E-state index in [0.717, 1.165) is 11.0 Å². The molecule has 0 aliphatic rings. The largest absolute Gasteiger partial charge is 0.497 e. The topological polar surface area (TPSA) is 89.0 Å². The molecular formula is C21H25N4O4. The summed E-state index contributed by atoms with van der Waals surface area (Å²) in [6.07, 6.45) is 2.91. The van der Waals surface area contributed by atoms with Gasteiger partial charge in [-0.2, -0.15) is 0 Å². The Kier molecular flexibility index (Phi) is 7.04. The highest BCUT2D eigenvalue weighted by Gasteiger charge is 2.16. The summed E-state index contributed by atoms with van der Waals surface area (Å²) in [5.74, 6) is 2.14. The van der Waals surface area contributed by atoms with Crippen molar-refractivity contribution in [2.45, 2.75) is 0 Å². The lowest BCUT2D eigenvalue weighted by atomic mass is 10.2. The summed E-state index contributed by atoms with van der Waals surface area (Å²) in [6, 6.07) is 11.2. The van der Waals surface area contributed by atoms with E-state index in [0.29, 0.717) is 48.5 Å². The fourth-order valence-electron chi connectivity index (χ4n) is 2.77. The number of benzene rings is 2. The second-order valence-electron chi connectivity index (χ2n) is 6.38. The average Bonchev–Trinajstić information content (AvgIpc) is 2.74. The van der Waals surface area contributed by atoms with Gasteiger partial charge < -0.3 is 29.5 Å². The van der Waals surface area contributed by atoms with E-state index in [9.17, 15) is 0 Å². The number of hydrogen-bond donors (Lipinski definition) is 2. The number of nitrogens with zero attached hydrogens (tertiary/aromatic N) is 3. The summed E-state index contributed by atoms with van der Waals surface area (Å²) in [6.45, 7) is 1.75. The van der Waals surface area contributed by atoms with Crippen molar-refractivity contribution in [3.8, 4) is 17.2 Å². The Morgan fingerprint density at radius 3 is 2.62 bits per heavy atom. The maximum Gasteiger partial charge on any atom is 0.185 e. The monoisotopic (exact) mass is 397 g/mol. The number of ether oxygens (including phenoxy) is 3. The van der Waals surface area contributed by atoms with Crippen LogP contribution < -0.4 is 19.5 Å². The van der Waals surface area contributed by atoms with Gasteiger partial charge in [-0.1, -0.05) is 12.1 Å². The van der Waals surface area contributed by atoms with E-state index in [1.165, 1.54) is 0 Å². The number of anilines is 2. The summed E-state index contributed by atoms with van der Waals surface area (Å²) in [7, 11) is 5.08. The molecule has 1 aromatic heterocycles. The first kappa shape index (κ1) is 20.6. The van der Waals surface area contributed by atoms with Gasteiger partial charge in [0.25, 0.3) is 0 Å². The Morgan fingerprint density at radius 1 is 1.10 bits per heavy atom. The van der Waals surface area contributed by atoms with E-state index >= 15 is 0 Å². The molecule has 0 spiro atoms. The average molecular weight is 397 g/mol. The lowest BCUT2D eigenvalue weighted by Gasteiger charge is -2.19. The molecule has 8 heteroatoms. The molecule has 153 valence electrons. The molecule has 0 saturated carbocycles.